The molecule has 0 aromatic heterocycles. The lowest BCUT2D eigenvalue weighted by Gasteiger charge is -2.09. The Balaban J connectivity index is 1.64. The number of benzene rings is 1. The molecule has 0 spiro atoms. The molecule has 2 rings (SSSR count). The highest BCUT2D eigenvalue weighted by molar-refractivity contribution is 9.10. The Bertz CT molecular complexity index is 461. The highest BCUT2D eigenvalue weighted by Crippen LogP contribution is 2.17. The number of carbonyl (C=O) groups is 1. The maximum absolute atomic E-state index is 13.1. The predicted molar refractivity (Wildman–Crippen MR) is 81.0 cm³/mol. The van der Waals surface area contributed by atoms with Crippen LogP contribution < -0.4 is 10.6 Å². The second-order valence-corrected chi connectivity index (χ2v) is 6.10. The topological polar surface area (TPSA) is 41.1 Å². The molecule has 0 aliphatic carbocycles. The maximum atomic E-state index is 13.1. The molecular formula is C15H20BrFN2O. The first-order valence-corrected chi connectivity index (χ1v) is 7.86. The van der Waals surface area contributed by atoms with Gasteiger partial charge in [-0.15, -0.1) is 0 Å². The largest absolute Gasteiger partial charge is 0.356 e. The van der Waals surface area contributed by atoms with Crippen molar-refractivity contribution in [1.29, 1.82) is 0 Å². The van der Waals surface area contributed by atoms with Crippen molar-refractivity contribution in [2.75, 3.05) is 19.6 Å². The molecule has 1 aliphatic heterocycles. The number of amides is 1. The Morgan fingerprint density at radius 2 is 2.35 bits per heavy atom. The lowest BCUT2D eigenvalue weighted by Crippen LogP contribution is -2.26. The number of halogens is 2. The molecule has 3 nitrogen and oxygen atoms in total. The molecule has 0 saturated carbocycles. The van der Waals surface area contributed by atoms with E-state index in [4.69, 9.17) is 0 Å². The second-order valence-electron chi connectivity index (χ2n) is 5.25. The van der Waals surface area contributed by atoms with Crippen LogP contribution in [0.5, 0.6) is 0 Å². The summed E-state index contributed by atoms with van der Waals surface area (Å²) < 4.78 is 13.5. The van der Waals surface area contributed by atoms with Gasteiger partial charge in [-0.3, -0.25) is 4.79 Å². The fraction of sp³-hybridized carbons (Fsp3) is 0.533. The molecular weight excluding hydrogens is 323 g/mol. The van der Waals surface area contributed by atoms with E-state index < -0.39 is 0 Å². The van der Waals surface area contributed by atoms with Crippen molar-refractivity contribution in [2.45, 2.75) is 25.7 Å². The van der Waals surface area contributed by atoms with Crippen molar-refractivity contribution in [3.8, 4) is 0 Å². The molecule has 1 atom stereocenters. The predicted octanol–water partition coefficient (Wildman–Crippen LogP) is 2.64. The molecule has 1 aromatic carbocycles. The third-order valence-electron chi connectivity index (χ3n) is 3.66. The number of nitrogens with one attached hydrogen (secondary N) is 2. The van der Waals surface area contributed by atoms with Crippen LogP contribution in [0.2, 0.25) is 0 Å². The Morgan fingerprint density at radius 1 is 1.50 bits per heavy atom. The van der Waals surface area contributed by atoms with E-state index in [-0.39, 0.29) is 11.7 Å². The van der Waals surface area contributed by atoms with Crippen LogP contribution in [-0.2, 0) is 11.2 Å². The van der Waals surface area contributed by atoms with Crippen LogP contribution >= 0.6 is 15.9 Å². The number of hydrogen-bond donors (Lipinski definition) is 2. The lowest BCUT2D eigenvalue weighted by atomic mass is 10.0. The summed E-state index contributed by atoms with van der Waals surface area (Å²) in [6.45, 7) is 2.71. The van der Waals surface area contributed by atoms with Crippen LogP contribution in [0.3, 0.4) is 0 Å². The van der Waals surface area contributed by atoms with Crippen molar-refractivity contribution >= 4 is 21.8 Å². The van der Waals surface area contributed by atoms with Crippen molar-refractivity contribution < 1.29 is 9.18 Å². The van der Waals surface area contributed by atoms with E-state index in [1.807, 2.05) is 0 Å². The number of carbonyl (C=O) groups excluding carboxylic acids is 1. The van der Waals surface area contributed by atoms with Gasteiger partial charge in [-0.25, -0.2) is 4.39 Å². The molecule has 1 saturated heterocycles. The van der Waals surface area contributed by atoms with Crippen LogP contribution in [0, 0.1) is 11.7 Å². The van der Waals surface area contributed by atoms with Gasteiger partial charge in [-0.2, -0.15) is 0 Å². The molecule has 1 unspecified atom stereocenters. The Kier molecular flexibility index (Phi) is 5.98. The van der Waals surface area contributed by atoms with E-state index in [1.165, 1.54) is 12.5 Å². The summed E-state index contributed by atoms with van der Waals surface area (Å²) >= 11 is 3.16. The third-order valence-corrected chi connectivity index (χ3v) is 4.27. The number of rotatable bonds is 6. The first-order chi connectivity index (χ1) is 9.65. The standard InChI is InChI=1S/C15H20BrFN2O/c16-13-9-11(1-3-14(13)17)6-8-19-15(20)4-2-12-5-7-18-10-12/h1,3,9,12,18H,2,4-8,10H2,(H,19,20). The van der Waals surface area contributed by atoms with Gasteiger partial charge >= 0.3 is 0 Å². The van der Waals surface area contributed by atoms with Gasteiger partial charge < -0.3 is 10.6 Å². The van der Waals surface area contributed by atoms with E-state index in [1.54, 1.807) is 12.1 Å². The zero-order valence-electron chi connectivity index (χ0n) is 11.4. The van der Waals surface area contributed by atoms with Crippen LogP contribution in [0.4, 0.5) is 4.39 Å². The van der Waals surface area contributed by atoms with Gasteiger partial charge in [-0.1, -0.05) is 6.07 Å². The summed E-state index contributed by atoms with van der Waals surface area (Å²) in [4.78, 5) is 11.7. The van der Waals surface area contributed by atoms with Crippen LogP contribution in [0.1, 0.15) is 24.8 Å². The zero-order valence-corrected chi connectivity index (χ0v) is 13.0. The van der Waals surface area contributed by atoms with E-state index in [0.717, 1.165) is 31.5 Å². The third kappa shape index (κ3) is 4.87. The quantitative estimate of drug-likeness (QED) is 0.834. The van der Waals surface area contributed by atoms with Gasteiger partial charge in [-0.05, 0) is 71.9 Å². The molecule has 2 N–H and O–H groups in total. The summed E-state index contributed by atoms with van der Waals surface area (Å²) in [5.41, 5.74) is 1.01. The van der Waals surface area contributed by atoms with Gasteiger partial charge in [0.05, 0.1) is 4.47 Å². The molecule has 0 radical (unpaired) electrons. The zero-order chi connectivity index (χ0) is 14.4. The average Bonchev–Trinajstić information content (AvgIpc) is 2.94. The minimum Gasteiger partial charge on any atom is -0.356 e. The molecule has 0 bridgehead atoms. The molecule has 1 amide bonds. The minimum atomic E-state index is -0.261. The smallest absolute Gasteiger partial charge is 0.220 e. The summed E-state index contributed by atoms with van der Waals surface area (Å²) in [5.74, 6) is 0.495. The van der Waals surface area contributed by atoms with Crippen LogP contribution in [-0.4, -0.2) is 25.5 Å². The lowest BCUT2D eigenvalue weighted by molar-refractivity contribution is -0.121. The van der Waals surface area contributed by atoms with Crippen LogP contribution in [0.25, 0.3) is 0 Å². The summed E-state index contributed by atoms with van der Waals surface area (Å²) in [6, 6.07) is 4.94. The van der Waals surface area contributed by atoms with E-state index >= 15 is 0 Å². The molecule has 110 valence electrons. The Hall–Kier alpha value is -0.940. The average molecular weight is 343 g/mol. The number of hydrogen-bond acceptors (Lipinski definition) is 2. The van der Waals surface area contributed by atoms with Gasteiger partial charge in [0, 0.05) is 13.0 Å². The highest BCUT2D eigenvalue weighted by Gasteiger charge is 2.15. The first kappa shape index (κ1) is 15.4. The van der Waals surface area contributed by atoms with Crippen molar-refractivity contribution in [2.24, 2.45) is 5.92 Å². The molecule has 5 heteroatoms. The van der Waals surface area contributed by atoms with Gasteiger partial charge in [0.1, 0.15) is 5.82 Å². The van der Waals surface area contributed by atoms with Gasteiger partial charge in [0.2, 0.25) is 5.91 Å². The molecule has 1 fully saturated rings. The fourth-order valence-electron chi connectivity index (χ4n) is 2.43. The minimum absolute atomic E-state index is 0.109. The van der Waals surface area contributed by atoms with E-state index in [9.17, 15) is 9.18 Å². The van der Waals surface area contributed by atoms with Gasteiger partial charge in [0.25, 0.3) is 0 Å². The Morgan fingerprint density at radius 3 is 3.05 bits per heavy atom. The molecule has 20 heavy (non-hydrogen) atoms. The Labute approximate surface area is 127 Å². The monoisotopic (exact) mass is 342 g/mol. The van der Waals surface area contributed by atoms with Gasteiger partial charge in [0.15, 0.2) is 0 Å². The van der Waals surface area contributed by atoms with Crippen molar-refractivity contribution in [3.05, 3.63) is 34.1 Å². The summed E-state index contributed by atoms with van der Waals surface area (Å²) in [7, 11) is 0. The molecule has 1 aliphatic rings. The van der Waals surface area contributed by atoms with Crippen LogP contribution in [0.15, 0.2) is 22.7 Å². The SMILES string of the molecule is O=C(CCC1CCNC1)NCCc1ccc(F)c(Br)c1. The fourth-order valence-corrected chi connectivity index (χ4v) is 2.85. The maximum Gasteiger partial charge on any atom is 0.220 e. The van der Waals surface area contributed by atoms with Crippen molar-refractivity contribution in [1.82, 2.24) is 10.6 Å². The molecule has 1 heterocycles. The first-order valence-electron chi connectivity index (χ1n) is 7.06. The van der Waals surface area contributed by atoms with Crippen molar-refractivity contribution in [3.63, 3.8) is 0 Å². The second kappa shape index (κ2) is 7.74. The molecule has 1 aromatic rings. The normalized spacial score (nSPS) is 18.2. The highest BCUT2D eigenvalue weighted by atomic mass is 79.9. The van der Waals surface area contributed by atoms with E-state index in [0.29, 0.717) is 23.4 Å². The van der Waals surface area contributed by atoms with E-state index in [2.05, 4.69) is 26.6 Å². The summed E-state index contributed by atoms with van der Waals surface area (Å²) in [6.07, 6.45) is 3.45. The summed E-state index contributed by atoms with van der Waals surface area (Å²) in [5, 5.41) is 6.22.